The first-order valence-electron chi connectivity index (χ1n) is 8.00. The fourth-order valence-corrected chi connectivity index (χ4v) is 2.24. The van der Waals surface area contributed by atoms with E-state index in [4.69, 9.17) is 0 Å². The smallest absolute Gasteiger partial charge is 0.178 e. The van der Waals surface area contributed by atoms with E-state index in [0.29, 0.717) is 0 Å². The Bertz CT molecular complexity index is 737. The van der Waals surface area contributed by atoms with E-state index >= 15 is 0 Å². The molecule has 0 saturated heterocycles. The summed E-state index contributed by atoms with van der Waals surface area (Å²) in [5.41, 5.74) is 4.70. The molecule has 0 aromatic heterocycles. The van der Waals surface area contributed by atoms with Crippen molar-refractivity contribution in [1.29, 1.82) is 0 Å². The van der Waals surface area contributed by atoms with E-state index < -0.39 is 0 Å². The molecule has 0 spiro atoms. The fraction of sp³-hybridized carbons (Fsp3) is 0.0870. The van der Waals surface area contributed by atoms with Gasteiger partial charge in [0.1, 0.15) is 0 Å². The molecule has 1 nitrogen and oxygen atoms in total. The van der Waals surface area contributed by atoms with Crippen molar-refractivity contribution in [2.24, 2.45) is 0 Å². The monoisotopic (exact) mass is 314 g/mol. The lowest BCUT2D eigenvalue weighted by atomic mass is 10.1. The lowest BCUT2D eigenvalue weighted by Crippen LogP contribution is -1.83. The SMILES string of the molecule is Cc1cccc(C=CC=CC(=O)C=CC=Cc2cccc(C)c2)c1. The summed E-state index contributed by atoms with van der Waals surface area (Å²) in [6.45, 7) is 4.12. The quantitative estimate of drug-likeness (QED) is 0.493. The van der Waals surface area contributed by atoms with Gasteiger partial charge < -0.3 is 0 Å². The molecule has 0 aliphatic rings. The number of hydrogen-bond donors (Lipinski definition) is 0. The Morgan fingerprint density at radius 3 is 1.58 bits per heavy atom. The molecule has 1 heteroatoms. The summed E-state index contributed by atoms with van der Waals surface area (Å²) >= 11 is 0. The summed E-state index contributed by atoms with van der Waals surface area (Å²) in [4.78, 5) is 11.7. The summed E-state index contributed by atoms with van der Waals surface area (Å²) in [5.74, 6) is -0.0298. The van der Waals surface area contributed by atoms with Gasteiger partial charge in [0.25, 0.3) is 0 Å². The van der Waals surface area contributed by atoms with Crippen molar-refractivity contribution in [3.05, 3.63) is 107 Å². The zero-order chi connectivity index (χ0) is 17.2. The molecule has 2 rings (SSSR count). The molecule has 24 heavy (non-hydrogen) atoms. The van der Waals surface area contributed by atoms with E-state index in [1.54, 1.807) is 24.3 Å². The minimum Gasteiger partial charge on any atom is -0.290 e. The zero-order valence-corrected chi connectivity index (χ0v) is 14.1. The Kier molecular flexibility index (Phi) is 6.73. The Labute approximate surface area is 144 Å². The van der Waals surface area contributed by atoms with Gasteiger partial charge in [0.15, 0.2) is 5.78 Å². The molecule has 0 atom stereocenters. The molecular weight excluding hydrogens is 292 g/mol. The number of aryl methyl sites for hydroxylation is 2. The molecule has 0 N–H and O–H groups in total. The molecule has 0 heterocycles. The second-order valence-corrected chi connectivity index (χ2v) is 5.67. The average Bonchev–Trinajstić information content (AvgIpc) is 2.56. The van der Waals surface area contributed by atoms with Crippen molar-refractivity contribution in [1.82, 2.24) is 0 Å². The summed E-state index contributed by atoms with van der Waals surface area (Å²) in [6, 6.07) is 16.4. The first kappa shape index (κ1) is 17.4. The highest BCUT2D eigenvalue weighted by Crippen LogP contribution is 2.06. The molecule has 120 valence electrons. The summed E-state index contributed by atoms with van der Waals surface area (Å²) < 4.78 is 0. The van der Waals surface area contributed by atoms with Crippen LogP contribution in [0.1, 0.15) is 22.3 Å². The Morgan fingerprint density at radius 2 is 1.17 bits per heavy atom. The Morgan fingerprint density at radius 1 is 0.708 bits per heavy atom. The largest absolute Gasteiger partial charge is 0.290 e. The number of allylic oxidation sites excluding steroid dienone is 6. The minimum atomic E-state index is -0.0298. The maximum absolute atomic E-state index is 11.7. The maximum atomic E-state index is 11.7. The molecule has 2 aromatic rings. The van der Waals surface area contributed by atoms with Crippen LogP contribution in [-0.4, -0.2) is 5.78 Å². The lowest BCUT2D eigenvalue weighted by Gasteiger charge is -1.94. The summed E-state index contributed by atoms with van der Waals surface area (Å²) in [7, 11) is 0. The highest BCUT2D eigenvalue weighted by atomic mass is 16.1. The van der Waals surface area contributed by atoms with Crippen LogP contribution >= 0.6 is 0 Å². The number of carbonyl (C=O) groups excluding carboxylic acids is 1. The van der Waals surface area contributed by atoms with Crippen LogP contribution in [0.25, 0.3) is 12.2 Å². The third kappa shape index (κ3) is 6.45. The number of rotatable bonds is 6. The third-order valence-corrected chi connectivity index (χ3v) is 3.40. The predicted molar refractivity (Wildman–Crippen MR) is 104 cm³/mol. The van der Waals surface area contributed by atoms with Gasteiger partial charge in [-0.2, -0.15) is 0 Å². The van der Waals surface area contributed by atoms with Gasteiger partial charge in [-0.15, -0.1) is 0 Å². The molecule has 0 amide bonds. The zero-order valence-electron chi connectivity index (χ0n) is 14.1. The Balaban J connectivity index is 1.84. The van der Waals surface area contributed by atoms with Crippen molar-refractivity contribution in [3.8, 4) is 0 Å². The average molecular weight is 314 g/mol. The highest BCUT2D eigenvalue weighted by Gasteiger charge is 1.88. The topological polar surface area (TPSA) is 17.1 Å². The van der Waals surface area contributed by atoms with Crippen LogP contribution in [0.15, 0.2) is 85.0 Å². The molecule has 0 aliphatic heterocycles. The normalized spacial score (nSPS) is 12.1. The molecule has 0 bridgehead atoms. The number of ketones is 1. The van der Waals surface area contributed by atoms with Gasteiger partial charge in [-0.25, -0.2) is 0 Å². The molecule has 0 radical (unpaired) electrons. The van der Waals surface area contributed by atoms with Crippen LogP contribution in [-0.2, 0) is 4.79 Å². The van der Waals surface area contributed by atoms with Crippen molar-refractivity contribution in [2.75, 3.05) is 0 Å². The van der Waals surface area contributed by atoms with Gasteiger partial charge in [0, 0.05) is 0 Å². The van der Waals surface area contributed by atoms with Crippen LogP contribution in [0.5, 0.6) is 0 Å². The fourth-order valence-electron chi connectivity index (χ4n) is 2.24. The second kappa shape index (κ2) is 9.26. The van der Waals surface area contributed by atoms with Gasteiger partial charge >= 0.3 is 0 Å². The van der Waals surface area contributed by atoms with Crippen LogP contribution < -0.4 is 0 Å². The van der Waals surface area contributed by atoms with Crippen molar-refractivity contribution in [2.45, 2.75) is 13.8 Å². The van der Waals surface area contributed by atoms with Crippen molar-refractivity contribution >= 4 is 17.9 Å². The molecule has 2 aromatic carbocycles. The number of benzene rings is 2. The summed E-state index contributed by atoms with van der Waals surface area (Å²) in [6.07, 6.45) is 14.4. The Hall–Kier alpha value is -2.93. The van der Waals surface area contributed by atoms with Gasteiger partial charge in [0.05, 0.1) is 0 Å². The standard InChI is InChI=1S/C23H22O/c1-19-9-7-13-21(17-19)11-3-5-15-23(24)16-6-4-12-22-14-8-10-20(2)18-22/h3-18H,1-2H3. The van der Waals surface area contributed by atoms with Gasteiger partial charge in [-0.3, -0.25) is 4.79 Å². The van der Waals surface area contributed by atoms with Gasteiger partial charge in [-0.1, -0.05) is 96.1 Å². The van der Waals surface area contributed by atoms with Gasteiger partial charge in [-0.05, 0) is 37.1 Å². The molecule has 0 aliphatic carbocycles. The molecule has 0 fully saturated rings. The van der Waals surface area contributed by atoms with Crippen LogP contribution in [0.4, 0.5) is 0 Å². The lowest BCUT2D eigenvalue weighted by molar-refractivity contribution is -0.110. The van der Waals surface area contributed by atoms with Crippen molar-refractivity contribution < 1.29 is 4.79 Å². The molecule has 0 unspecified atom stereocenters. The van der Waals surface area contributed by atoms with Crippen LogP contribution in [0, 0.1) is 13.8 Å². The van der Waals surface area contributed by atoms with E-state index in [1.165, 1.54) is 11.1 Å². The van der Waals surface area contributed by atoms with E-state index in [1.807, 2.05) is 48.6 Å². The molecule has 0 saturated carbocycles. The summed E-state index contributed by atoms with van der Waals surface area (Å²) in [5, 5.41) is 0. The van der Waals surface area contributed by atoms with E-state index in [0.717, 1.165) is 11.1 Å². The number of carbonyl (C=O) groups is 1. The van der Waals surface area contributed by atoms with E-state index in [9.17, 15) is 4.79 Å². The number of hydrogen-bond acceptors (Lipinski definition) is 1. The first-order valence-corrected chi connectivity index (χ1v) is 8.00. The highest BCUT2D eigenvalue weighted by molar-refractivity contribution is 5.99. The maximum Gasteiger partial charge on any atom is 0.178 e. The predicted octanol–water partition coefficient (Wildman–Crippen LogP) is 5.71. The van der Waals surface area contributed by atoms with Gasteiger partial charge in [0.2, 0.25) is 0 Å². The van der Waals surface area contributed by atoms with Crippen LogP contribution in [0.3, 0.4) is 0 Å². The molecular formula is C23H22O. The first-order chi connectivity index (χ1) is 11.6. The third-order valence-electron chi connectivity index (χ3n) is 3.40. The van der Waals surface area contributed by atoms with Crippen LogP contribution in [0.2, 0.25) is 0 Å². The van der Waals surface area contributed by atoms with E-state index in [-0.39, 0.29) is 5.78 Å². The second-order valence-electron chi connectivity index (χ2n) is 5.67. The van der Waals surface area contributed by atoms with E-state index in [2.05, 4.69) is 38.1 Å². The van der Waals surface area contributed by atoms with Crippen molar-refractivity contribution in [3.63, 3.8) is 0 Å². The minimum absolute atomic E-state index is 0.0298.